The quantitative estimate of drug-likeness (QED) is 0.0543. The molecule has 4 nitrogen and oxygen atoms in total. The van der Waals surface area contributed by atoms with Gasteiger partial charge in [-0.25, -0.2) is 0 Å². The molecule has 4 aromatic carbocycles. The second kappa shape index (κ2) is 27.5. The van der Waals surface area contributed by atoms with Gasteiger partial charge < -0.3 is 0 Å². The van der Waals surface area contributed by atoms with Crippen LogP contribution >= 0.6 is 34.9 Å². The average molecular weight is 916 g/mol. The van der Waals surface area contributed by atoms with E-state index in [2.05, 4.69) is 172 Å². The summed E-state index contributed by atoms with van der Waals surface area (Å²) in [4.78, 5) is 10.0. The fourth-order valence-electron chi connectivity index (χ4n) is 6.96. The van der Waals surface area contributed by atoms with Crippen LogP contribution in [0.3, 0.4) is 0 Å². The maximum atomic E-state index is 4.81. The van der Waals surface area contributed by atoms with Crippen LogP contribution in [-0.4, -0.2) is 84.3 Å². The second-order valence-corrected chi connectivity index (χ2v) is 20.9. The van der Waals surface area contributed by atoms with Crippen LogP contribution in [-0.2, 0) is 42.1 Å². The zero-order valence-electron chi connectivity index (χ0n) is 34.9. The third kappa shape index (κ3) is 16.2. The molecular weight excluding hydrogens is 848 g/mol. The van der Waals surface area contributed by atoms with Crippen molar-refractivity contribution in [2.45, 2.75) is 81.6 Å². The molecule has 0 fully saturated rings. The van der Waals surface area contributed by atoms with E-state index in [9.17, 15) is 0 Å². The molecule has 306 valence electrons. The zero-order chi connectivity index (χ0) is 40.0. The zero-order valence-corrected chi connectivity index (χ0v) is 39.7. The van der Waals surface area contributed by atoms with Gasteiger partial charge in [-0.15, -0.1) is 0 Å². The molecule has 0 atom stereocenters. The molecule has 0 saturated heterocycles. The molecule has 0 N–H and O–H groups in total. The van der Waals surface area contributed by atoms with Gasteiger partial charge in [0.15, 0.2) is 0 Å². The van der Waals surface area contributed by atoms with Crippen molar-refractivity contribution < 1.29 is 15.9 Å². The number of hydrogen-bond acceptors (Lipinski definition) is 4. The number of halogens is 2. The Hall–Kier alpha value is -1.18. The summed E-state index contributed by atoms with van der Waals surface area (Å²) >= 11 is -0.106. The second-order valence-electron chi connectivity index (χ2n) is 13.9. The molecule has 0 unspecified atom stereocenters. The first-order valence-electron chi connectivity index (χ1n) is 20.4. The van der Waals surface area contributed by atoms with Crippen LogP contribution in [0, 0.1) is 0 Å². The van der Waals surface area contributed by atoms with Gasteiger partial charge in [-0.1, -0.05) is 152 Å². The average Bonchev–Trinajstić information content (AvgIpc) is 3.23. The molecule has 0 heterocycles. The Labute approximate surface area is 355 Å². The van der Waals surface area contributed by atoms with E-state index < -0.39 is 15.8 Å². The van der Waals surface area contributed by atoms with Crippen LogP contribution in [0.1, 0.15) is 77.6 Å². The normalized spacial score (nSPS) is 11.8. The van der Waals surface area contributed by atoms with Gasteiger partial charge in [0.1, 0.15) is 0 Å². The molecule has 0 aliphatic carbocycles. The third-order valence-electron chi connectivity index (χ3n) is 10.7. The summed E-state index contributed by atoms with van der Waals surface area (Å²) < 4.78 is 0. The van der Waals surface area contributed by atoms with Gasteiger partial charge in [-0.05, 0) is 124 Å². The maximum absolute atomic E-state index is 4.81. The van der Waals surface area contributed by atoms with E-state index in [4.69, 9.17) is 19.1 Å². The van der Waals surface area contributed by atoms with Gasteiger partial charge in [0.25, 0.3) is 0 Å². The molecule has 55 heavy (non-hydrogen) atoms. The van der Waals surface area contributed by atoms with Crippen molar-refractivity contribution in [3.8, 4) is 0 Å². The Bertz CT molecular complexity index is 1330. The summed E-state index contributed by atoms with van der Waals surface area (Å²) in [6.45, 7) is 30.8. The standard InChI is InChI=1S/C46H68N4P2.2ClH.Pd/c1-9-47(10-2)35-39-17-25-43(26-18-39)51(44-27-19-40(20-28-44)36-48(11-3)12-4)33-34-52(45-29-21-41(22-30-45)37-49(13-5)14-6)46-31-23-42(24-32-46)38-50(15-7)16-8;;;/h17-32H,9-16,33-38H2,1-8H3;2*1H;/q;;;+2/p-2. The van der Waals surface area contributed by atoms with Gasteiger partial charge in [0.05, 0.1) is 0 Å². The summed E-state index contributed by atoms with van der Waals surface area (Å²) in [5.41, 5.74) is 5.64. The van der Waals surface area contributed by atoms with E-state index in [0.29, 0.717) is 0 Å². The van der Waals surface area contributed by atoms with Crippen LogP contribution in [0.25, 0.3) is 0 Å². The fourth-order valence-corrected chi connectivity index (χ4v) is 12.2. The molecule has 4 aromatic rings. The van der Waals surface area contributed by atoms with Gasteiger partial charge in [0, 0.05) is 26.2 Å². The van der Waals surface area contributed by atoms with E-state index in [1.807, 2.05) is 0 Å². The monoisotopic (exact) mass is 914 g/mol. The van der Waals surface area contributed by atoms with E-state index in [0.717, 1.165) is 78.5 Å². The first kappa shape index (κ1) is 48.2. The first-order valence-corrected chi connectivity index (χ1v) is 27.5. The van der Waals surface area contributed by atoms with Gasteiger partial charge >= 0.3 is 35.0 Å². The van der Waals surface area contributed by atoms with Gasteiger partial charge in [-0.2, -0.15) is 0 Å². The SMILES string of the molecule is CCN(CC)Cc1ccc(P(CCP(c2ccc(CN(CC)CC)cc2)c2ccc(CN(CC)CC)cc2)c2ccc(CN(CC)CC)cc2)cc1.[Cl][Pd][Cl]. The molecule has 0 amide bonds. The summed E-state index contributed by atoms with van der Waals surface area (Å²) in [6, 6.07) is 38.7. The van der Waals surface area contributed by atoms with Crippen molar-refractivity contribution in [1.82, 2.24) is 19.6 Å². The Morgan fingerprint density at radius 1 is 0.345 bits per heavy atom. The summed E-state index contributed by atoms with van der Waals surface area (Å²) in [7, 11) is 8.60. The Kier molecular flexibility index (Phi) is 24.1. The van der Waals surface area contributed by atoms with Crippen molar-refractivity contribution in [3.05, 3.63) is 119 Å². The predicted molar refractivity (Wildman–Crippen MR) is 246 cm³/mol. The van der Waals surface area contributed by atoms with E-state index in [1.165, 1.54) is 55.8 Å². The van der Waals surface area contributed by atoms with Crippen molar-refractivity contribution >= 4 is 56.1 Å². The number of rotatable bonds is 23. The number of hydrogen-bond donors (Lipinski definition) is 0. The topological polar surface area (TPSA) is 13.0 Å². The van der Waals surface area contributed by atoms with Crippen LogP contribution in [0.15, 0.2) is 97.1 Å². The molecule has 0 aliphatic heterocycles. The molecule has 0 bridgehead atoms. The molecule has 4 rings (SSSR count). The van der Waals surface area contributed by atoms with E-state index in [1.54, 1.807) is 0 Å². The van der Waals surface area contributed by atoms with Crippen LogP contribution in [0.5, 0.6) is 0 Å². The van der Waals surface area contributed by atoms with Crippen LogP contribution in [0.4, 0.5) is 0 Å². The van der Waals surface area contributed by atoms with E-state index >= 15 is 0 Å². The Balaban J connectivity index is 0.00000262. The van der Waals surface area contributed by atoms with Crippen LogP contribution < -0.4 is 21.2 Å². The van der Waals surface area contributed by atoms with Crippen molar-refractivity contribution in [2.75, 3.05) is 64.7 Å². The van der Waals surface area contributed by atoms with Crippen molar-refractivity contribution in [2.24, 2.45) is 0 Å². The van der Waals surface area contributed by atoms with E-state index in [-0.39, 0.29) is 15.9 Å². The summed E-state index contributed by atoms with van der Waals surface area (Å²) in [6.07, 6.45) is 2.35. The van der Waals surface area contributed by atoms with Crippen molar-refractivity contribution in [3.63, 3.8) is 0 Å². The number of nitrogens with zero attached hydrogens (tertiary/aromatic N) is 4. The minimum atomic E-state index is -0.513. The molecule has 0 aromatic heterocycles. The molecule has 0 radical (unpaired) electrons. The third-order valence-corrected chi connectivity index (χ3v) is 16.1. The van der Waals surface area contributed by atoms with Gasteiger partial charge in [-0.3, -0.25) is 19.6 Å². The fraction of sp³-hybridized carbons (Fsp3) is 0.478. The molecule has 0 aliphatic rings. The minimum absolute atomic E-state index is 0.106. The van der Waals surface area contributed by atoms with Crippen LogP contribution in [0.2, 0.25) is 0 Å². The number of benzene rings is 4. The molecule has 9 heteroatoms. The molecule has 0 saturated carbocycles. The molecule has 0 spiro atoms. The Morgan fingerprint density at radius 2 is 0.509 bits per heavy atom. The van der Waals surface area contributed by atoms with Crippen molar-refractivity contribution in [1.29, 1.82) is 0 Å². The summed E-state index contributed by atoms with van der Waals surface area (Å²) in [5, 5.41) is 5.98. The summed E-state index contributed by atoms with van der Waals surface area (Å²) in [5.74, 6) is 0. The first-order chi connectivity index (χ1) is 26.8. The molecular formula is C46H68Cl2N4P2Pd. The Morgan fingerprint density at radius 3 is 0.655 bits per heavy atom. The predicted octanol–water partition coefficient (Wildman–Crippen LogP) is 10.00. The van der Waals surface area contributed by atoms with Gasteiger partial charge in [0.2, 0.25) is 0 Å².